The quantitative estimate of drug-likeness (QED) is 0.752. The van der Waals surface area contributed by atoms with Gasteiger partial charge in [0.1, 0.15) is 5.75 Å². The van der Waals surface area contributed by atoms with Gasteiger partial charge in [0.15, 0.2) is 0 Å². The highest BCUT2D eigenvalue weighted by molar-refractivity contribution is 5.81. The number of hydrogen-bond acceptors (Lipinski definition) is 3. The second-order valence-electron chi connectivity index (χ2n) is 5.42. The summed E-state index contributed by atoms with van der Waals surface area (Å²) < 4.78 is 29.0. The Hall–Kier alpha value is -2.47. The fourth-order valence-corrected chi connectivity index (χ4v) is 2.59. The van der Waals surface area contributed by atoms with Crippen molar-refractivity contribution in [3.63, 3.8) is 0 Å². The van der Waals surface area contributed by atoms with Gasteiger partial charge in [0.05, 0.1) is 11.2 Å². The first-order valence-corrected chi connectivity index (χ1v) is 7.26. The number of nitrogens with zero attached hydrogens (tertiary/aromatic N) is 2. The number of aromatic nitrogens is 2. The molecule has 0 saturated carbocycles. The molecule has 0 saturated heterocycles. The van der Waals surface area contributed by atoms with Crippen LogP contribution in [0, 0.1) is 0 Å². The predicted molar refractivity (Wildman–Crippen MR) is 84.3 cm³/mol. The molecular weight excluding hydrogens is 300 g/mol. The lowest BCUT2D eigenvalue weighted by atomic mass is 10.2. The minimum Gasteiger partial charge on any atom is -0.435 e. The topological polar surface area (TPSA) is 41.1 Å². The fourth-order valence-electron chi connectivity index (χ4n) is 2.59. The lowest BCUT2D eigenvalue weighted by Crippen LogP contribution is -2.17. The van der Waals surface area contributed by atoms with E-state index in [1.165, 1.54) is 6.07 Å². The zero-order chi connectivity index (χ0) is 16.2. The average Bonchev–Trinajstić information content (AvgIpc) is 2.90. The zero-order valence-electron chi connectivity index (χ0n) is 12.7. The predicted octanol–water partition coefficient (Wildman–Crippen LogP) is 3.80. The van der Waals surface area contributed by atoms with Crippen molar-refractivity contribution in [2.75, 3.05) is 7.05 Å². The van der Waals surface area contributed by atoms with Crippen molar-refractivity contribution in [2.24, 2.45) is 0 Å². The van der Waals surface area contributed by atoms with Crippen molar-refractivity contribution in [1.29, 1.82) is 0 Å². The molecule has 0 amide bonds. The van der Waals surface area contributed by atoms with E-state index < -0.39 is 6.61 Å². The minimum absolute atomic E-state index is 0.179. The SMILES string of the molecule is CN(Cc1cccc(OC(F)F)c1)Cc1[nH]nc2ccccc12. The van der Waals surface area contributed by atoms with E-state index in [1.807, 2.05) is 37.4 Å². The van der Waals surface area contributed by atoms with E-state index in [2.05, 4.69) is 19.8 Å². The largest absolute Gasteiger partial charge is 0.435 e. The van der Waals surface area contributed by atoms with E-state index >= 15 is 0 Å². The molecule has 120 valence electrons. The summed E-state index contributed by atoms with van der Waals surface area (Å²) in [5, 5.41) is 8.41. The summed E-state index contributed by atoms with van der Waals surface area (Å²) in [6.45, 7) is -1.51. The lowest BCUT2D eigenvalue weighted by molar-refractivity contribution is -0.0499. The Morgan fingerprint density at radius 1 is 1.13 bits per heavy atom. The molecule has 0 aliphatic rings. The molecule has 0 spiro atoms. The summed E-state index contributed by atoms with van der Waals surface area (Å²) >= 11 is 0. The van der Waals surface area contributed by atoms with Gasteiger partial charge in [-0.25, -0.2) is 0 Å². The first kappa shape index (κ1) is 15.4. The van der Waals surface area contributed by atoms with Gasteiger partial charge in [-0.1, -0.05) is 30.3 Å². The monoisotopic (exact) mass is 317 g/mol. The number of nitrogens with one attached hydrogen (secondary N) is 1. The summed E-state index contributed by atoms with van der Waals surface area (Å²) in [7, 11) is 1.97. The molecule has 0 bridgehead atoms. The molecule has 23 heavy (non-hydrogen) atoms. The highest BCUT2D eigenvalue weighted by Crippen LogP contribution is 2.19. The normalized spacial score (nSPS) is 11.5. The number of ether oxygens (including phenoxy) is 1. The number of benzene rings is 2. The number of rotatable bonds is 6. The van der Waals surface area contributed by atoms with Gasteiger partial charge in [0, 0.05) is 18.5 Å². The molecule has 3 aromatic rings. The van der Waals surface area contributed by atoms with Crippen LogP contribution >= 0.6 is 0 Å². The third kappa shape index (κ3) is 3.84. The summed E-state index contributed by atoms with van der Waals surface area (Å²) in [4.78, 5) is 2.08. The first-order valence-electron chi connectivity index (χ1n) is 7.26. The van der Waals surface area contributed by atoms with Crippen LogP contribution in [0.1, 0.15) is 11.3 Å². The fraction of sp³-hybridized carbons (Fsp3) is 0.235. The van der Waals surface area contributed by atoms with Crippen molar-refractivity contribution < 1.29 is 13.5 Å². The van der Waals surface area contributed by atoms with Crippen LogP contribution in [0.15, 0.2) is 48.5 Å². The Balaban J connectivity index is 1.68. The zero-order valence-corrected chi connectivity index (χ0v) is 12.7. The van der Waals surface area contributed by atoms with Crippen molar-refractivity contribution >= 4 is 10.9 Å². The summed E-state index contributed by atoms with van der Waals surface area (Å²) in [5.74, 6) is 0.179. The summed E-state index contributed by atoms with van der Waals surface area (Å²) in [5.41, 5.74) is 2.88. The Bertz CT molecular complexity index is 788. The highest BCUT2D eigenvalue weighted by atomic mass is 19.3. The number of para-hydroxylation sites is 1. The van der Waals surface area contributed by atoms with Crippen LogP contribution in [-0.2, 0) is 13.1 Å². The van der Waals surface area contributed by atoms with Crippen molar-refractivity contribution in [1.82, 2.24) is 15.1 Å². The van der Waals surface area contributed by atoms with Crippen molar-refractivity contribution in [3.8, 4) is 5.75 Å². The Kier molecular flexibility index (Phi) is 4.52. The van der Waals surface area contributed by atoms with Crippen LogP contribution in [0.3, 0.4) is 0 Å². The molecule has 3 rings (SSSR count). The van der Waals surface area contributed by atoms with Crippen LogP contribution in [0.4, 0.5) is 8.78 Å². The number of alkyl halides is 2. The van der Waals surface area contributed by atoms with Crippen LogP contribution in [0.25, 0.3) is 10.9 Å². The van der Waals surface area contributed by atoms with E-state index in [1.54, 1.807) is 12.1 Å². The van der Waals surface area contributed by atoms with Crippen LogP contribution in [-0.4, -0.2) is 28.8 Å². The Labute approximate surface area is 132 Å². The highest BCUT2D eigenvalue weighted by Gasteiger charge is 2.09. The number of hydrogen-bond donors (Lipinski definition) is 1. The van der Waals surface area contributed by atoms with Crippen LogP contribution in [0.5, 0.6) is 5.75 Å². The van der Waals surface area contributed by atoms with Crippen LogP contribution in [0.2, 0.25) is 0 Å². The molecule has 1 heterocycles. The second kappa shape index (κ2) is 6.75. The van der Waals surface area contributed by atoms with Crippen molar-refractivity contribution in [3.05, 3.63) is 59.8 Å². The van der Waals surface area contributed by atoms with E-state index in [4.69, 9.17) is 0 Å². The Morgan fingerprint density at radius 3 is 2.78 bits per heavy atom. The molecule has 6 heteroatoms. The number of fused-ring (bicyclic) bond motifs is 1. The smallest absolute Gasteiger partial charge is 0.387 e. The maximum Gasteiger partial charge on any atom is 0.387 e. The molecular formula is C17H17F2N3O. The van der Waals surface area contributed by atoms with E-state index in [-0.39, 0.29) is 5.75 Å². The molecule has 0 aliphatic heterocycles. The minimum atomic E-state index is -2.81. The van der Waals surface area contributed by atoms with Gasteiger partial charge in [-0.15, -0.1) is 0 Å². The van der Waals surface area contributed by atoms with Gasteiger partial charge >= 0.3 is 6.61 Å². The third-order valence-electron chi connectivity index (χ3n) is 3.54. The number of aromatic amines is 1. The molecule has 0 unspecified atom stereocenters. The molecule has 0 radical (unpaired) electrons. The number of H-pyrrole nitrogens is 1. The first-order chi connectivity index (χ1) is 11.1. The van der Waals surface area contributed by atoms with Crippen molar-refractivity contribution in [2.45, 2.75) is 19.7 Å². The van der Waals surface area contributed by atoms with Gasteiger partial charge in [0.25, 0.3) is 0 Å². The van der Waals surface area contributed by atoms with Gasteiger partial charge in [-0.2, -0.15) is 13.9 Å². The average molecular weight is 317 g/mol. The van der Waals surface area contributed by atoms with Crippen LogP contribution < -0.4 is 4.74 Å². The standard InChI is InChI=1S/C17H17F2N3O/c1-22(10-12-5-4-6-13(9-12)23-17(18)19)11-16-14-7-2-3-8-15(14)20-21-16/h2-9,17H,10-11H2,1H3,(H,20,21). The second-order valence-corrected chi connectivity index (χ2v) is 5.42. The molecule has 1 N–H and O–H groups in total. The molecule has 0 fully saturated rings. The van der Waals surface area contributed by atoms with E-state index in [0.29, 0.717) is 13.1 Å². The van der Waals surface area contributed by atoms with Gasteiger partial charge in [-0.05, 0) is 30.8 Å². The van der Waals surface area contributed by atoms with Gasteiger partial charge in [0.2, 0.25) is 0 Å². The molecule has 0 atom stereocenters. The summed E-state index contributed by atoms with van der Waals surface area (Å²) in [6, 6.07) is 14.7. The Morgan fingerprint density at radius 2 is 1.96 bits per heavy atom. The maximum absolute atomic E-state index is 12.3. The molecule has 2 aromatic carbocycles. The summed E-state index contributed by atoms with van der Waals surface area (Å²) in [6.07, 6.45) is 0. The molecule has 1 aromatic heterocycles. The van der Waals surface area contributed by atoms with Gasteiger partial charge < -0.3 is 4.74 Å². The van der Waals surface area contributed by atoms with E-state index in [9.17, 15) is 8.78 Å². The van der Waals surface area contributed by atoms with Gasteiger partial charge in [-0.3, -0.25) is 10.00 Å². The van der Waals surface area contributed by atoms with E-state index in [0.717, 1.165) is 22.2 Å². The third-order valence-corrected chi connectivity index (χ3v) is 3.54. The molecule has 0 aliphatic carbocycles. The maximum atomic E-state index is 12.3. The lowest BCUT2D eigenvalue weighted by Gasteiger charge is -2.16. The molecule has 4 nitrogen and oxygen atoms in total. The number of halogens is 2.